The molecule has 198 valence electrons. The van der Waals surface area contributed by atoms with Crippen LogP contribution in [0, 0.1) is 51.2 Å². The molecule has 0 spiro atoms. The van der Waals surface area contributed by atoms with E-state index in [0.29, 0.717) is 18.3 Å². The Kier molecular flexibility index (Phi) is 6.69. The standard InChI is InChI=1S/C31H50O4/c1-18(17-24(32)19(2)20(3)27(34)35)21-11-15-31(8)23-9-10-25-28(4,5)26(33)13-14-29(25,6)22(23)12-16-30(21,31)7/h18-21,25-26,33H,9-17H2,1-8H3,(H,34,35). The van der Waals surface area contributed by atoms with Crippen molar-refractivity contribution < 1.29 is 19.8 Å². The van der Waals surface area contributed by atoms with Crippen molar-refractivity contribution in [3.05, 3.63) is 11.1 Å². The number of carbonyl (C=O) groups excluding carboxylic acids is 1. The van der Waals surface area contributed by atoms with Crippen molar-refractivity contribution >= 4 is 11.8 Å². The minimum absolute atomic E-state index is 0.0376. The number of carbonyl (C=O) groups is 2. The van der Waals surface area contributed by atoms with Gasteiger partial charge in [-0.25, -0.2) is 0 Å². The van der Waals surface area contributed by atoms with Crippen LogP contribution in [0.15, 0.2) is 11.1 Å². The van der Waals surface area contributed by atoms with Crippen molar-refractivity contribution in [1.82, 2.24) is 0 Å². The van der Waals surface area contributed by atoms with E-state index in [-0.39, 0.29) is 39.5 Å². The van der Waals surface area contributed by atoms with Crippen LogP contribution in [0.3, 0.4) is 0 Å². The Bertz CT molecular complexity index is 917. The smallest absolute Gasteiger partial charge is 0.306 e. The lowest BCUT2D eigenvalue weighted by Gasteiger charge is -2.62. The number of carboxylic acid groups (broad SMARTS) is 1. The van der Waals surface area contributed by atoms with Gasteiger partial charge in [-0.3, -0.25) is 9.59 Å². The van der Waals surface area contributed by atoms with Gasteiger partial charge in [0, 0.05) is 12.3 Å². The van der Waals surface area contributed by atoms with E-state index >= 15 is 0 Å². The normalized spacial score (nSPS) is 42.9. The first-order chi connectivity index (χ1) is 16.1. The van der Waals surface area contributed by atoms with Crippen molar-refractivity contribution in [3.8, 4) is 0 Å². The van der Waals surface area contributed by atoms with Gasteiger partial charge in [-0.1, -0.05) is 66.5 Å². The molecule has 0 radical (unpaired) electrons. The van der Waals surface area contributed by atoms with Gasteiger partial charge in [0.2, 0.25) is 0 Å². The van der Waals surface area contributed by atoms with Crippen LogP contribution in [0.5, 0.6) is 0 Å². The molecule has 0 aliphatic heterocycles. The average Bonchev–Trinajstić information content (AvgIpc) is 3.07. The second-order valence-electron chi connectivity index (χ2n) is 14.3. The molecule has 4 aliphatic rings. The van der Waals surface area contributed by atoms with Crippen LogP contribution in [0.2, 0.25) is 0 Å². The van der Waals surface area contributed by atoms with Crippen molar-refractivity contribution in [2.45, 2.75) is 119 Å². The molecule has 0 heterocycles. The summed E-state index contributed by atoms with van der Waals surface area (Å²) in [6, 6.07) is 0. The third-order valence-corrected chi connectivity index (χ3v) is 12.7. The fourth-order valence-corrected chi connectivity index (χ4v) is 9.77. The molecule has 35 heavy (non-hydrogen) atoms. The number of hydrogen-bond acceptors (Lipinski definition) is 3. The SMILES string of the molecule is CC(CC(=O)C(C)C(C)C(=O)O)C1CCC2(C)C3=C(CCC12C)C1(C)CCC(O)C(C)(C)C1CC3. The Hall–Kier alpha value is -1.16. The highest BCUT2D eigenvalue weighted by molar-refractivity contribution is 5.85. The summed E-state index contributed by atoms with van der Waals surface area (Å²) >= 11 is 0. The number of carboxylic acids is 1. The Labute approximate surface area is 213 Å². The fourth-order valence-electron chi connectivity index (χ4n) is 9.77. The quantitative estimate of drug-likeness (QED) is 0.395. The van der Waals surface area contributed by atoms with E-state index in [9.17, 15) is 19.8 Å². The maximum atomic E-state index is 13.0. The van der Waals surface area contributed by atoms with Crippen LogP contribution in [0.4, 0.5) is 0 Å². The number of ketones is 1. The monoisotopic (exact) mass is 486 g/mol. The number of Topliss-reactive ketones (excluding diaryl/α,β-unsaturated/α-hetero) is 1. The highest BCUT2D eigenvalue weighted by Gasteiger charge is 2.63. The average molecular weight is 487 g/mol. The first-order valence-electron chi connectivity index (χ1n) is 14.3. The van der Waals surface area contributed by atoms with E-state index in [4.69, 9.17) is 0 Å². The molecule has 0 saturated heterocycles. The van der Waals surface area contributed by atoms with Gasteiger partial charge >= 0.3 is 5.97 Å². The first-order valence-corrected chi connectivity index (χ1v) is 14.3. The van der Waals surface area contributed by atoms with Gasteiger partial charge < -0.3 is 10.2 Å². The van der Waals surface area contributed by atoms with Gasteiger partial charge in [-0.15, -0.1) is 0 Å². The van der Waals surface area contributed by atoms with E-state index in [1.54, 1.807) is 25.0 Å². The number of rotatable bonds is 6. The first kappa shape index (κ1) is 26.9. The maximum absolute atomic E-state index is 13.0. The van der Waals surface area contributed by atoms with Gasteiger partial charge in [-0.2, -0.15) is 0 Å². The highest BCUT2D eigenvalue weighted by Crippen LogP contribution is 2.72. The van der Waals surface area contributed by atoms with Crippen LogP contribution in [-0.4, -0.2) is 28.1 Å². The van der Waals surface area contributed by atoms with Crippen LogP contribution in [0.1, 0.15) is 113 Å². The molecule has 0 bridgehead atoms. The van der Waals surface area contributed by atoms with Crippen molar-refractivity contribution in [3.63, 3.8) is 0 Å². The van der Waals surface area contributed by atoms with Gasteiger partial charge in [0.05, 0.1) is 12.0 Å². The minimum Gasteiger partial charge on any atom is -0.481 e. The predicted octanol–water partition coefficient (Wildman–Crippen LogP) is 7.05. The highest BCUT2D eigenvalue weighted by atomic mass is 16.4. The summed E-state index contributed by atoms with van der Waals surface area (Å²) in [5.41, 5.74) is 3.97. The zero-order valence-electron chi connectivity index (χ0n) is 23.5. The minimum atomic E-state index is -0.881. The molecule has 0 aromatic carbocycles. The van der Waals surface area contributed by atoms with E-state index in [1.165, 1.54) is 19.3 Å². The molecule has 4 rings (SSSR count). The van der Waals surface area contributed by atoms with E-state index < -0.39 is 17.8 Å². The summed E-state index contributed by atoms with van der Waals surface area (Å²) in [4.78, 5) is 24.4. The molecule has 0 aromatic rings. The largest absolute Gasteiger partial charge is 0.481 e. The van der Waals surface area contributed by atoms with Crippen molar-refractivity contribution in [2.24, 2.45) is 51.2 Å². The van der Waals surface area contributed by atoms with Gasteiger partial charge in [0.15, 0.2) is 0 Å². The third-order valence-electron chi connectivity index (χ3n) is 12.7. The van der Waals surface area contributed by atoms with Crippen LogP contribution in [0.25, 0.3) is 0 Å². The fraction of sp³-hybridized carbons (Fsp3) is 0.871. The molecule has 0 aromatic heterocycles. The topological polar surface area (TPSA) is 74.6 Å². The number of aliphatic hydroxyl groups excluding tert-OH is 1. The number of fused-ring (bicyclic) bond motifs is 4. The summed E-state index contributed by atoms with van der Waals surface area (Å²) in [6.07, 6.45) is 9.31. The van der Waals surface area contributed by atoms with Crippen molar-refractivity contribution in [1.29, 1.82) is 0 Å². The van der Waals surface area contributed by atoms with Crippen LogP contribution < -0.4 is 0 Å². The van der Waals surface area contributed by atoms with E-state index in [0.717, 1.165) is 32.1 Å². The lowest BCUT2D eigenvalue weighted by atomic mass is 9.43. The van der Waals surface area contributed by atoms with Crippen LogP contribution in [-0.2, 0) is 9.59 Å². The molecule has 4 nitrogen and oxygen atoms in total. The molecule has 0 amide bonds. The van der Waals surface area contributed by atoms with E-state index in [2.05, 4.69) is 41.5 Å². The van der Waals surface area contributed by atoms with Gasteiger partial charge in [0.25, 0.3) is 0 Å². The lowest BCUT2D eigenvalue weighted by Crippen LogP contribution is -2.55. The second kappa shape index (κ2) is 8.71. The molecule has 4 heteroatoms. The van der Waals surface area contributed by atoms with E-state index in [1.807, 2.05) is 0 Å². The summed E-state index contributed by atoms with van der Waals surface area (Å²) in [5, 5.41) is 20.2. The zero-order chi connectivity index (χ0) is 26.1. The number of hydrogen-bond donors (Lipinski definition) is 2. The summed E-state index contributed by atoms with van der Waals surface area (Å²) in [5.74, 6) is -0.530. The number of aliphatic hydroxyl groups is 1. The molecule has 2 saturated carbocycles. The Morgan fingerprint density at radius 2 is 1.54 bits per heavy atom. The predicted molar refractivity (Wildman–Crippen MR) is 140 cm³/mol. The van der Waals surface area contributed by atoms with Crippen molar-refractivity contribution in [2.75, 3.05) is 0 Å². The van der Waals surface area contributed by atoms with Gasteiger partial charge in [0.1, 0.15) is 5.78 Å². The lowest BCUT2D eigenvalue weighted by molar-refractivity contribution is -0.145. The second-order valence-corrected chi connectivity index (χ2v) is 14.3. The molecular formula is C31H50O4. The molecule has 2 fully saturated rings. The number of aliphatic carboxylic acids is 1. The maximum Gasteiger partial charge on any atom is 0.306 e. The number of allylic oxidation sites excluding steroid dienone is 2. The summed E-state index contributed by atoms with van der Waals surface area (Å²) in [6.45, 7) is 17.8. The summed E-state index contributed by atoms with van der Waals surface area (Å²) < 4.78 is 0. The summed E-state index contributed by atoms with van der Waals surface area (Å²) in [7, 11) is 0. The zero-order valence-corrected chi connectivity index (χ0v) is 23.5. The molecule has 9 atom stereocenters. The Morgan fingerprint density at radius 3 is 2.17 bits per heavy atom. The molecule has 9 unspecified atom stereocenters. The molecule has 4 aliphatic carbocycles. The Balaban J connectivity index is 1.60. The molecule has 2 N–H and O–H groups in total. The Morgan fingerprint density at radius 1 is 0.886 bits per heavy atom. The van der Waals surface area contributed by atoms with Crippen LogP contribution >= 0.6 is 0 Å². The third kappa shape index (κ3) is 3.79. The van der Waals surface area contributed by atoms with Gasteiger partial charge in [-0.05, 0) is 90.8 Å². The molecular weight excluding hydrogens is 436 g/mol.